The fraction of sp³-hybridized carbons (Fsp3) is 0.240. The van der Waals surface area contributed by atoms with Crippen LogP contribution in [-0.2, 0) is 22.5 Å². The largest absolute Gasteiger partial charge is 0.351 e. The number of nitrogens with one attached hydrogen (secondary N) is 1. The van der Waals surface area contributed by atoms with Crippen molar-refractivity contribution >= 4 is 45.2 Å². The molecule has 36 heavy (non-hydrogen) atoms. The molecule has 0 unspecified atom stereocenters. The van der Waals surface area contributed by atoms with Gasteiger partial charge in [-0.05, 0) is 42.0 Å². The lowest BCUT2D eigenvalue weighted by Gasteiger charge is -2.27. The van der Waals surface area contributed by atoms with E-state index in [1.165, 1.54) is 50.1 Å². The van der Waals surface area contributed by atoms with Crippen LogP contribution in [0.5, 0.6) is 0 Å². The number of thioether (sulfide) groups is 1. The van der Waals surface area contributed by atoms with Crippen molar-refractivity contribution in [2.75, 3.05) is 30.7 Å². The smallest absolute Gasteiger partial charge is 0.303 e. The van der Waals surface area contributed by atoms with Crippen LogP contribution in [0.1, 0.15) is 21.5 Å². The van der Waals surface area contributed by atoms with Crippen molar-refractivity contribution in [3.8, 4) is 0 Å². The van der Waals surface area contributed by atoms with Gasteiger partial charge in [0.15, 0.2) is 0 Å². The molecule has 0 radical (unpaired) electrons. The molecule has 1 amide bonds. The minimum atomic E-state index is -3.97. The summed E-state index contributed by atoms with van der Waals surface area (Å²) in [6.45, 7) is 0.262. The highest BCUT2D eigenvalue weighted by molar-refractivity contribution is 7.98. The first-order valence-electron chi connectivity index (χ1n) is 10.9. The Morgan fingerprint density at radius 1 is 0.972 bits per heavy atom. The van der Waals surface area contributed by atoms with Crippen molar-refractivity contribution in [3.05, 3.63) is 100 Å². The van der Waals surface area contributed by atoms with E-state index in [0.717, 1.165) is 8.61 Å². The van der Waals surface area contributed by atoms with Crippen molar-refractivity contribution in [2.24, 2.45) is 0 Å². The van der Waals surface area contributed by atoms with Gasteiger partial charge in [0, 0.05) is 48.3 Å². The van der Waals surface area contributed by atoms with Gasteiger partial charge < -0.3 is 5.32 Å². The quantitative estimate of drug-likeness (QED) is 0.336. The van der Waals surface area contributed by atoms with Gasteiger partial charge in [0.1, 0.15) is 11.6 Å². The Labute approximate surface area is 219 Å². The third-order valence-electron chi connectivity index (χ3n) is 5.24. The van der Waals surface area contributed by atoms with E-state index in [2.05, 4.69) is 5.32 Å². The molecule has 6 nitrogen and oxygen atoms in total. The summed E-state index contributed by atoms with van der Waals surface area (Å²) >= 11 is 7.47. The lowest BCUT2D eigenvalue weighted by Crippen LogP contribution is -2.40. The second-order valence-electron chi connectivity index (χ2n) is 7.95. The molecular weight excluding hydrogens is 528 g/mol. The van der Waals surface area contributed by atoms with Crippen molar-refractivity contribution < 1.29 is 22.0 Å². The Hall–Kier alpha value is -2.66. The van der Waals surface area contributed by atoms with Gasteiger partial charge in [-0.25, -0.2) is 8.78 Å². The second kappa shape index (κ2) is 12.5. The van der Waals surface area contributed by atoms with Gasteiger partial charge in [-0.1, -0.05) is 41.9 Å². The summed E-state index contributed by atoms with van der Waals surface area (Å²) < 4.78 is 55.9. The Bertz CT molecular complexity index is 1290. The average molecular weight is 554 g/mol. The van der Waals surface area contributed by atoms with Gasteiger partial charge in [0.2, 0.25) is 0 Å². The van der Waals surface area contributed by atoms with Crippen LogP contribution in [0.15, 0.2) is 66.7 Å². The predicted molar refractivity (Wildman–Crippen MR) is 142 cm³/mol. The van der Waals surface area contributed by atoms with Gasteiger partial charge in [-0.15, -0.1) is 0 Å². The summed E-state index contributed by atoms with van der Waals surface area (Å²) in [5.74, 6) is -0.350. The van der Waals surface area contributed by atoms with Crippen molar-refractivity contribution in [1.29, 1.82) is 0 Å². The number of para-hydroxylation sites is 1. The maximum absolute atomic E-state index is 14.4. The first-order chi connectivity index (χ1) is 17.1. The SMILES string of the molecule is CN(C)S(=O)(=O)N(Cc1ccc(C(=O)NCCSCc2c(F)cccc2Cl)cc1)c1ccccc1F. The summed E-state index contributed by atoms with van der Waals surface area (Å²) in [5, 5.41) is 3.17. The van der Waals surface area contributed by atoms with Crippen LogP contribution in [-0.4, -0.2) is 45.0 Å². The molecule has 0 bridgehead atoms. The maximum Gasteiger partial charge on any atom is 0.303 e. The molecule has 0 aliphatic carbocycles. The second-order valence-corrected chi connectivity index (χ2v) is 11.5. The molecule has 0 saturated heterocycles. The zero-order chi connectivity index (χ0) is 26.3. The normalized spacial score (nSPS) is 11.5. The number of hydrogen-bond acceptors (Lipinski definition) is 4. The highest BCUT2D eigenvalue weighted by Crippen LogP contribution is 2.26. The van der Waals surface area contributed by atoms with E-state index in [1.54, 1.807) is 42.5 Å². The summed E-state index contributed by atoms with van der Waals surface area (Å²) in [7, 11) is -1.22. The number of halogens is 3. The third kappa shape index (κ3) is 6.97. The van der Waals surface area contributed by atoms with E-state index in [-0.39, 0.29) is 24.0 Å². The van der Waals surface area contributed by atoms with E-state index < -0.39 is 16.0 Å². The van der Waals surface area contributed by atoms with Gasteiger partial charge >= 0.3 is 10.2 Å². The van der Waals surface area contributed by atoms with E-state index in [1.807, 2.05) is 0 Å². The molecular formula is C25H26ClF2N3O3S2. The molecule has 11 heteroatoms. The van der Waals surface area contributed by atoms with Crippen LogP contribution in [0.2, 0.25) is 5.02 Å². The molecule has 0 spiro atoms. The molecule has 0 aliphatic rings. The molecule has 1 N–H and O–H groups in total. The summed E-state index contributed by atoms with van der Waals surface area (Å²) in [5.41, 5.74) is 1.35. The minimum absolute atomic E-state index is 0.0674. The number of amides is 1. The first-order valence-corrected chi connectivity index (χ1v) is 13.9. The number of carbonyl (C=O) groups excluding carboxylic acids is 1. The lowest BCUT2D eigenvalue weighted by molar-refractivity contribution is 0.0956. The fourth-order valence-electron chi connectivity index (χ4n) is 3.25. The van der Waals surface area contributed by atoms with Gasteiger partial charge in [0.25, 0.3) is 5.91 Å². The van der Waals surface area contributed by atoms with Crippen LogP contribution in [0.3, 0.4) is 0 Å². The highest BCUT2D eigenvalue weighted by atomic mass is 35.5. The van der Waals surface area contributed by atoms with E-state index in [4.69, 9.17) is 11.6 Å². The fourth-order valence-corrected chi connectivity index (χ4v) is 5.55. The number of carbonyl (C=O) groups is 1. The minimum Gasteiger partial charge on any atom is -0.351 e. The Morgan fingerprint density at radius 2 is 1.64 bits per heavy atom. The topological polar surface area (TPSA) is 69.7 Å². The molecule has 192 valence electrons. The van der Waals surface area contributed by atoms with Gasteiger partial charge in [-0.3, -0.25) is 9.10 Å². The lowest BCUT2D eigenvalue weighted by atomic mass is 10.1. The van der Waals surface area contributed by atoms with Crippen LogP contribution < -0.4 is 9.62 Å². The number of rotatable bonds is 11. The van der Waals surface area contributed by atoms with Gasteiger partial charge in [0.05, 0.1) is 12.2 Å². The first kappa shape index (κ1) is 27.9. The van der Waals surface area contributed by atoms with Crippen LogP contribution in [0, 0.1) is 11.6 Å². The van der Waals surface area contributed by atoms with Crippen LogP contribution >= 0.6 is 23.4 Å². The molecule has 3 aromatic rings. The molecule has 0 fully saturated rings. The van der Waals surface area contributed by atoms with E-state index in [9.17, 15) is 22.0 Å². The summed E-state index contributed by atoms with van der Waals surface area (Å²) in [4.78, 5) is 12.5. The molecule has 0 saturated carbocycles. The van der Waals surface area contributed by atoms with Crippen LogP contribution in [0.4, 0.5) is 14.5 Å². The Kier molecular flexibility index (Phi) is 9.72. The molecule has 0 atom stereocenters. The molecule has 3 rings (SSSR count). The van der Waals surface area contributed by atoms with Gasteiger partial charge in [-0.2, -0.15) is 24.5 Å². The molecule has 0 aromatic heterocycles. The molecule has 0 aliphatic heterocycles. The number of anilines is 1. The average Bonchev–Trinajstić information content (AvgIpc) is 2.84. The highest BCUT2D eigenvalue weighted by Gasteiger charge is 2.27. The van der Waals surface area contributed by atoms with Crippen molar-refractivity contribution in [3.63, 3.8) is 0 Å². The zero-order valence-electron chi connectivity index (χ0n) is 19.7. The van der Waals surface area contributed by atoms with E-state index >= 15 is 0 Å². The van der Waals surface area contributed by atoms with Crippen molar-refractivity contribution in [2.45, 2.75) is 12.3 Å². The zero-order valence-corrected chi connectivity index (χ0v) is 22.1. The Balaban J connectivity index is 1.59. The van der Waals surface area contributed by atoms with Crippen LogP contribution in [0.25, 0.3) is 0 Å². The van der Waals surface area contributed by atoms with Crippen molar-refractivity contribution in [1.82, 2.24) is 9.62 Å². The summed E-state index contributed by atoms with van der Waals surface area (Å²) in [6, 6.07) is 16.6. The monoisotopic (exact) mass is 553 g/mol. The standard InChI is InChI=1S/C25H26ClF2N3O3S2/c1-30(2)36(33,34)31(24-9-4-3-7-23(24)28)16-18-10-12-19(13-11-18)25(32)29-14-15-35-17-20-21(26)6-5-8-22(20)27/h3-13H,14-17H2,1-2H3,(H,29,32). The third-order valence-corrected chi connectivity index (χ3v) is 8.39. The van der Waals surface area contributed by atoms with E-state index in [0.29, 0.717) is 39.8 Å². The number of nitrogens with zero attached hydrogens (tertiary/aromatic N) is 2. The summed E-state index contributed by atoms with van der Waals surface area (Å²) in [6.07, 6.45) is 0. The molecule has 0 heterocycles. The predicted octanol–water partition coefficient (Wildman–Crippen LogP) is 5.09. The number of benzene rings is 3. The Morgan fingerprint density at radius 3 is 2.28 bits per heavy atom. The maximum atomic E-state index is 14.4. The molecule has 3 aromatic carbocycles. The number of hydrogen-bond donors (Lipinski definition) is 1.